The van der Waals surface area contributed by atoms with Crippen LogP contribution in [0, 0.1) is 26.5 Å². The first-order valence-electron chi connectivity index (χ1n) is 6.73. The molecule has 2 aromatic carbocycles. The van der Waals surface area contributed by atoms with E-state index < -0.39 is 0 Å². The molecule has 4 heteroatoms. The van der Waals surface area contributed by atoms with Crippen LogP contribution in [0.3, 0.4) is 0 Å². The van der Waals surface area contributed by atoms with Gasteiger partial charge in [-0.25, -0.2) is 22.1 Å². The molecule has 3 nitrogen and oxygen atoms in total. The molecule has 22 heavy (non-hydrogen) atoms. The third-order valence-electron chi connectivity index (χ3n) is 3.50. The molecule has 1 aromatic heterocycles. The summed E-state index contributed by atoms with van der Waals surface area (Å²) in [6.07, 6.45) is 3.09. The molecule has 0 aliphatic heterocycles. The van der Waals surface area contributed by atoms with Crippen LogP contribution in [0.15, 0.2) is 36.7 Å². The van der Waals surface area contributed by atoms with Gasteiger partial charge in [-0.3, -0.25) is 0 Å². The standard InChI is InChI=1S/C18H15N3.V/c1-4-14-6-5-7-15(10-14)21-18-16-8-12(2)13(3)9-17(16)19-11-20-18;/h1,4-9,11H,2-3H3,(H,19,20,21);/q-2;+2. The van der Waals surface area contributed by atoms with Crippen LogP contribution in [0.2, 0.25) is 0 Å². The Morgan fingerprint density at radius 3 is 2.68 bits per heavy atom. The Kier molecular flexibility index (Phi) is 5.01. The fourth-order valence-corrected chi connectivity index (χ4v) is 2.20. The second-order valence-electron chi connectivity index (χ2n) is 4.99. The molecule has 0 aliphatic rings. The third-order valence-corrected chi connectivity index (χ3v) is 3.50. The zero-order valence-corrected chi connectivity index (χ0v) is 13.9. The molecule has 0 unspecified atom stereocenters. The zero-order chi connectivity index (χ0) is 14.8. The van der Waals surface area contributed by atoms with Gasteiger partial charge in [0.2, 0.25) is 0 Å². The summed E-state index contributed by atoms with van der Waals surface area (Å²) in [5.41, 5.74) is 5.03. The minimum Gasteiger partial charge on any atom is -0.358 e. The van der Waals surface area contributed by atoms with Crippen molar-refractivity contribution in [1.82, 2.24) is 9.97 Å². The van der Waals surface area contributed by atoms with Crippen molar-refractivity contribution in [1.29, 1.82) is 0 Å². The SMILES string of the molecule is [CH-]=Cc1[c-]c(Nc2ncnc3cc(C)c(C)cc23)ccc1.[V+2]. The number of hydrogen-bond donors (Lipinski definition) is 1. The first-order chi connectivity index (χ1) is 10.2. The molecule has 0 amide bonds. The van der Waals surface area contributed by atoms with Crippen LogP contribution < -0.4 is 5.32 Å². The summed E-state index contributed by atoms with van der Waals surface area (Å²) in [5, 5.41) is 4.28. The maximum Gasteiger partial charge on any atom is 2.00 e. The van der Waals surface area contributed by atoms with Crippen molar-refractivity contribution in [2.45, 2.75) is 13.8 Å². The Balaban J connectivity index is 0.00000176. The van der Waals surface area contributed by atoms with Crippen LogP contribution in [-0.2, 0) is 18.6 Å². The van der Waals surface area contributed by atoms with Gasteiger partial charge in [-0.05, 0) is 37.1 Å². The van der Waals surface area contributed by atoms with Gasteiger partial charge in [0.25, 0.3) is 0 Å². The van der Waals surface area contributed by atoms with E-state index in [9.17, 15) is 0 Å². The number of aryl methyl sites for hydroxylation is 2. The summed E-state index contributed by atoms with van der Waals surface area (Å²) in [5.74, 6) is 0.772. The van der Waals surface area contributed by atoms with Crippen LogP contribution >= 0.6 is 0 Å². The van der Waals surface area contributed by atoms with Gasteiger partial charge < -0.3 is 23.5 Å². The molecule has 1 radical (unpaired) electrons. The van der Waals surface area contributed by atoms with Crippen molar-refractivity contribution in [3.8, 4) is 0 Å². The summed E-state index contributed by atoms with van der Waals surface area (Å²) in [6, 6.07) is 13.1. The third kappa shape index (κ3) is 3.21. The molecular formula is C18H15N3V. The van der Waals surface area contributed by atoms with E-state index in [1.807, 2.05) is 18.2 Å². The van der Waals surface area contributed by atoms with Crippen molar-refractivity contribution in [2.24, 2.45) is 0 Å². The summed E-state index contributed by atoms with van der Waals surface area (Å²) in [6.45, 7) is 9.70. The number of rotatable bonds is 3. The fourth-order valence-electron chi connectivity index (χ4n) is 2.20. The van der Waals surface area contributed by atoms with E-state index in [4.69, 9.17) is 6.58 Å². The van der Waals surface area contributed by atoms with Gasteiger partial charge in [0.15, 0.2) is 0 Å². The number of hydrogen-bond acceptors (Lipinski definition) is 3. The van der Waals surface area contributed by atoms with Crippen LogP contribution in [0.5, 0.6) is 0 Å². The normalized spacial score (nSPS) is 10.1. The van der Waals surface area contributed by atoms with Crippen molar-refractivity contribution >= 4 is 28.5 Å². The first kappa shape index (κ1) is 16.3. The maximum absolute atomic E-state index is 5.53. The molecule has 0 atom stereocenters. The number of aromatic nitrogens is 2. The van der Waals surface area contributed by atoms with Crippen molar-refractivity contribution < 1.29 is 18.6 Å². The molecule has 0 saturated carbocycles. The Bertz CT molecular complexity index is 828. The van der Waals surface area contributed by atoms with Crippen molar-refractivity contribution in [2.75, 3.05) is 5.32 Å². The number of benzene rings is 2. The van der Waals surface area contributed by atoms with Crippen LogP contribution in [0.4, 0.5) is 11.5 Å². The number of fused-ring (bicyclic) bond motifs is 1. The summed E-state index contributed by atoms with van der Waals surface area (Å²) in [4.78, 5) is 8.68. The minimum atomic E-state index is 0. The molecule has 0 saturated heterocycles. The smallest absolute Gasteiger partial charge is 0.358 e. The molecule has 0 bridgehead atoms. The molecule has 0 fully saturated rings. The van der Waals surface area contributed by atoms with Crippen LogP contribution in [-0.4, -0.2) is 9.97 Å². The molecule has 0 spiro atoms. The van der Waals surface area contributed by atoms with Crippen LogP contribution in [0.25, 0.3) is 17.0 Å². The Hall–Kier alpha value is -2.10. The van der Waals surface area contributed by atoms with E-state index in [1.165, 1.54) is 17.2 Å². The van der Waals surface area contributed by atoms with Gasteiger partial charge in [-0.2, -0.15) is 6.07 Å². The van der Waals surface area contributed by atoms with E-state index in [0.717, 1.165) is 28.0 Å². The predicted octanol–water partition coefficient (Wildman–Crippen LogP) is 4.23. The average molecular weight is 324 g/mol. The maximum atomic E-state index is 5.53. The minimum absolute atomic E-state index is 0. The quantitative estimate of drug-likeness (QED) is 0.733. The molecule has 0 aliphatic carbocycles. The topological polar surface area (TPSA) is 37.8 Å². The summed E-state index contributed by atoms with van der Waals surface area (Å²) < 4.78 is 0. The van der Waals surface area contributed by atoms with Gasteiger partial charge in [-0.1, -0.05) is 5.69 Å². The first-order valence-corrected chi connectivity index (χ1v) is 6.73. The van der Waals surface area contributed by atoms with Gasteiger partial charge in [0.1, 0.15) is 12.1 Å². The average Bonchev–Trinajstić information content (AvgIpc) is 2.49. The van der Waals surface area contributed by atoms with Gasteiger partial charge >= 0.3 is 18.6 Å². The Labute approximate surface area is 142 Å². The molecule has 1 heterocycles. The van der Waals surface area contributed by atoms with E-state index in [1.54, 1.807) is 6.33 Å². The zero-order valence-electron chi connectivity index (χ0n) is 12.5. The van der Waals surface area contributed by atoms with Gasteiger partial charge in [-0.15, -0.1) is 6.07 Å². The van der Waals surface area contributed by atoms with E-state index in [0.29, 0.717) is 0 Å². The molecular weight excluding hydrogens is 309 g/mol. The van der Waals surface area contributed by atoms with E-state index in [-0.39, 0.29) is 18.6 Å². The van der Waals surface area contributed by atoms with Crippen molar-refractivity contribution in [3.05, 3.63) is 66.0 Å². The Morgan fingerprint density at radius 1 is 1.14 bits per heavy atom. The van der Waals surface area contributed by atoms with E-state index >= 15 is 0 Å². The molecule has 3 rings (SSSR count). The summed E-state index contributed by atoms with van der Waals surface area (Å²) in [7, 11) is 0. The van der Waals surface area contributed by atoms with E-state index in [2.05, 4.69) is 47.3 Å². The second-order valence-corrected chi connectivity index (χ2v) is 4.99. The van der Waals surface area contributed by atoms with Crippen LogP contribution in [0.1, 0.15) is 16.7 Å². The number of nitrogens with one attached hydrogen (secondary N) is 1. The fraction of sp³-hybridized carbons (Fsp3) is 0.111. The molecule has 107 valence electrons. The van der Waals surface area contributed by atoms with Gasteiger partial charge in [0.05, 0.1) is 5.52 Å². The molecule has 1 N–H and O–H groups in total. The number of anilines is 2. The van der Waals surface area contributed by atoms with Crippen molar-refractivity contribution in [3.63, 3.8) is 0 Å². The monoisotopic (exact) mass is 324 g/mol. The van der Waals surface area contributed by atoms with Gasteiger partial charge in [0, 0.05) is 5.39 Å². The Morgan fingerprint density at radius 2 is 1.91 bits per heavy atom. The number of nitrogens with zero attached hydrogens (tertiary/aromatic N) is 2. The summed E-state index contributed by atoms with van der Waals surface area (Å²) >= 11 is 0. The predicted molar refractivity (Wildman–Crippen MR) is 86.3 cm³/mol. The molecule has 3 aromatic rings. The second kappa shape index (κ2) is 6.78. The largest absolute Gasteiger partial charge is 2.00 e.